The van der Waals surface area contributed by atoms with Gasteiger partial charge in [-0.25, -0.2) is 8.42 Å². The van der Waals surface area contributed by atoms with E-state index >= 15 is 0 Å². The van der Waals surface area contributed by atoms with Crippen LogP contribution < -0.4 is 5.32 Å². The smallest absolute Gasteiger partial charge is 0.150 e. The van der Waals surface area contributed by atoms with E-state index in [1.807, 2.05) is 6.92 Å². The lowest BCUT2D eigenvalue weighted by atomic mass is 10.2. The summed E-state index contributed by atoms with van der Waals surface area (Å²) < 4.78 is 22.6. The van der Waals surface area contributed by atoms with E-state index in [-0.39, 0.29) is 11.5 Å². The molecule has 0 aromatic heterocycles. The molecule has 0 saturated carbocycles. The van der Waals surface area contributed by atoms with Gasteiger partial charge in [0.1, 0.15) is 9.84 Å². The Labute approximate surface area is 118 Å². The SMILES string of the molecule is CCS(=O)(=O)CCCNc1cc(Cl)c(C)cc1Cl. The van der Waals surface area contributed by atoms with Crippen molar-refractivity contribution in [3.8, 4) is 0 Å². The zero-order chi connectivity index (χ0) is 13.8. The molecule has 0 atom stereocenters. The first-order valence-electron chi connectivity index (χ1n) is 5.75. The van der Waals surface area contributed by atoms with Crippen molar-refractivity contribution in [2.24, 2.45) is 0 Å². The van der Waals surface area contributed by atoms with E-state index < -0.39 is 9.84 Å². The van der Waals surface area contributed by atoms with Gasteiger partial charge < -0.3 is 5.32 Å². The molecule has 0 amide bonds. The Kier molecular flexibility index (Phi) is 5.76. The zero-order valence-electron chi connectivity index (χ0n) is 10.5. The van der Waals surface area contributed by atoms with E-state index in [2.05, 4.69) is 5.32 Å². The summed E-state index contributed by atoms with van der Waals surface area (Å²) in [5, 5.41) is 4.33. The van der Waals surface area contributed by atoms with E-state index in [0.29, 0.717) is 23.0 Å². The van der Waals surface area contributed by atoms with Crippen molar-refractivity contribution >= 4 is 38.7 Å². The fraction of sp³-hybridized carbons (Fsp3) is 0.500. The number of rotatable bonds is 6. The predicted octanol–water partition coefficient (Wildman–Crippen LogP) is 3.54. The average Bonchev–Trinajstić information content (AvgIpc) is 2.31. The molecular formula is C12H17Cl2NO2S. The molecule has 0 spiro atoms. The van der Waals surface area contributed by atoms with Crippen LogP contribution in [0.15, 0.2) is 12.1 Å². The second-order valence-corrected chi connectivity index (χ2v) is 7.39. The van der Waals surface area contributed by atoms with Gasteiger partial charge in [0.2, 0.25) is 0 Å². The molecule has 3 nitrogen and oxygen atoms in total. The summed E-state index contributed by atoms with van der Waals surface area (Å²) in [5.74, 6) is 0.373. The number of sulfone groups is 1. The molecule has 0 bridgehead atoms. The van der Waals surface area contributed by atoms with Gasteiger partial charge in [-0.3, -0.25) is 0 Å². The van der Waals surface area contributed by atoms with Gasteiger partial charge in [0.05, 0.1) is 16.5 Å². The molecule has 0 fully saturated rings. The van der Waals surface area contributed by atoms with Gasteiger partial charge in [0, 0.05) is 17.3 Å². The Bertz CT molecular complexity index is 515. The number of benzene rings is 1. The Morgan fingerprint density at radius 1 is 1.22 bits per heavy atom. The van der Waals surface area contributed by atoms with Crippen LogP contribution in [0.3, 0.4) is 0 Å². The molecule has 18 heavy (non-hydrogen) atoms. The van der Waals surface area contributed by atoms with Gasteiger partial charge in [-0.1, -0.05) is 30.1 Å². The van der Waals surface area contributed by atoms with Crippen molar-refractivity contribution in [2.75, 3.05) is 23.4 Å². The van der Waals surface area contributed by atoms with Gasteiger partial charge in [-0.05, 0) is 31.0 Å². The molecule has 0 aliphatic rings. The summed E-state index contributed by atoms with van der Waals surface area (Å²) in [4.78, 5) is 0. The van der Waals surface area contributed by atoms with Crippen LogP contribution in [0.4, 0.5) is 5.69 Å². The first-order chi connectivity index (χ1) is 8.35. The van der Waals surface area contributed by atoms with Gasteiger partial charge in [-0.2, -0.15) is 0 Å². The van der Waals surface area contributed by atoms with Crippen LogP contribution in [0.1, 0.15) is 18.9 Å². The monoisotopic (exact) mass is 309 g/mol. The highest BCUT2D eigenvalue weighted by molar-refractivity contribution is 7.91. The summed E-state index contributed by atoms with van der Waals surface area (Å²) in [6, 6.07) is 3.54. The quantitative estimate of drug-likeness (QED) is 0.818. The summed E-state index contributed by atoms with van der Waals surface area (Å²) in [6.45, 7) is 4.09. The van der Waals surface area contributed by atoms with E-state index in [9.17, 15) is 8.42 Å². The van der Waals surface area contributed by atoms with E-state index in [0.717, 1.165) is 11.3 Å². The lowest BCUT2D eigenvalue weighted by molar-refractivity contribution is 0.595. The fourth-order valence-electron chi connectivity index (χ4n) is 1.44. The van der Waals surface area contributed by atoms with Gasteiger partial charge in [0.15, 0.2) is 0 Å². The second-order valence-electron chi connectivity index (χ2n) is 4.10. The molecule has 102 valence electrons. The van der Waals surface area contributed by atoms with Crippen LogP contribution in [0.25, 0.3) is 0 Å². The molecule has 0 aliphatic heterocycles. The summed E-state index contributed by atoms with van der Waals surface area (Å²) in [6.07, 6.45) is 0.554. The molecule has 0 saturated heterocycles. The zero-order valence-corrected chi connectivity index (χ0v) is 12.8. The Hall–Kier alpha value is -0.450. The topological polar surface area (TPSA) is 46.2 Å². The predicted molar refractivity (Wildman–Crippen MR) is 78.6 cm³/mol. The van der Waals surface area contributed by atoms with Gasteiger partial charge in [0.25, 0.3) is 0 Å². The van der Waals surface area contributed by atoms with Crippen LogP contribution in [-0.4, -0.2) is 26.5 Å². The van der Waals surface area contributed by atoms with Crippen molar-refractivity contribution < 1.29 is 8.42 Å². The number of anilines is 1. The highest BCUT2D eigenvalue weighted by Crippen LogP contribution is 2.28. The van der Waals surface area contributed by atoms with Crippen molar-refractivity contribution in [1.82, 2.24) is 0 Å². The van der Waals surface area contributed by atoms with Crippen molar-refractivity contribution in [3.05, 3.63) is 27.7 Å². The molecule has 0 unspecified atom stereocenters. The Morgan fingerprint density at radius 3 is 2.50 bits per heavy atom. The summed E-state index contributed by atoms with van der Waals surface area (Å²) in [7, 11) is -2.90. The molecular weight excluding hydrogens is 293 g/mol. The number of hydrogen-bond donors (Lipinski definition) is 1. The summed E-state index contributed by atoms with van der Waals surface area (Å²) in [5.41, 5.74) is 1.65. The minimum atomic E-state index is -2.90. The maximum absolute atomic E-state index is 11.3. The highest BCUT2D eigenvalue weighted by atomic mass is 35.5. The fourth-order valence-corrected chi connectivity index (χ4v) is 2.76. The number of aryl methyl sites for hydroxylation is 1. The largest absolute Gasteiger partial charge is 0.384 e. The van der Waals surface area contributed by atoms with E-state index in [1.165, 1.54) is 0 Å². The molecule has 1 aromatic rings. The molecule has 1 aromatic carbocycles. The van der Waals surface area contributed by atoms with Gasteiger partial charge >= 0.3 is 0 Å². The van der Waals surface area contributed by atoms with Crippen LogP contribution in [-0.2, 0) is 9.84 Å². The third-order valence-corrected chi connectivity index (χ3v) is 5.15. The van der Waals surface area contributed by atoms with E-state index in [1.54, 1.807) is 19.1 Å². The first kappa shape index (κ1) is 15.6. The molecule has 6 heteroatoms. The van der Waals surface area contributed by atoms with Crippen LogP contribution >= 0.6 is 23.2 Å². The summed E-state index contributed by atoms with van der Waals surface area (Å²) >= 11 is 12.1. The first-order valence-corrected chi connectivity index (χ1v) is 8.33. The third kappa shape index (κ3) is 4.67. The van der Waals surface area contributed by atoms with Crippen molar-refractivity contribution in [1.29, 1.82) is 0 Å². The maximum atomic E-state index is 11.3. The van der Waals surface area contributed by atoms with Crippen LogP contribution in [0, 0.1) is 6.92 Å². The normalized spacial score (nSPS) is 11.6. The molecule has 0 heterocycles. The van der Waals surface area contributed by atoms with Crippen LogP contribution in [0.2, 0.25) is 10.0 Å². The second kappa shape index (κ2) is 6.64. The van der Waals surface area contributed by atoms with Crippen molar-refractivity contribution in [3.63, 3.8) is 0 Å². The lowest BCUT2D eigenvalue weighted by Gasteiger charge is -2.10. The number of nitrogens with one attached hydrogen (secondary N) is 1. The minimum absolute atomic E-state index is 0.185. The molecule has 0 radical (unpaired) electrons. The number of hydrogen-bond acceptors (Lipinski definition) is 3. The lowest BCUT2D eigenvalue weighted by Crippen LogP contribution is -2.13. The third-order valence-electron chi connectivity index (χ3n) is 2.64. The Morgan fingerprint density at radius 2 is 1.89 bits per heavy atom. The van der Waals surface area contributed by atoms with Crippen LogP contribution in [0.5, 0.6) is 0 Å². The van der Waals surface area contributed by atoms with Gasteiger partial charge in [-0.15, -0.1) is 0 Å². The average molecular weight is 310 g/mol. The molecule has 0 aliphatic carbocycles. The Balaban J connectivity index is 2.52. The maximum Gasteiger partial charge on any atom is 0.150 e. The standard InChI is InChI=1S/C12H17Cl2NO2S/c1-3-18(16,17)6-4-5-15-12-8-10(13)9(2)7-11(12)14/h7-8,15H,3-6H2,1-2H3. The van der Waals surface area contributed by atoms with Crippen molar-refractivity contribution in [2.45, 2.75) is 20.3 Å². The number of halogens is 2. The van der Waals surface area contributed by atoms with E-state index in [4.69, 9.17) is 23.2 Å². The molecule has 1 rings (SSSR count). The minimum Gasteiger partial charge on any atom is -0.384 e. The molecule has 1 N–H and O–H groups in total. The highest BCUT2D eigenvalue weighted by Gasteiger charge is 2.07.